The zero-order valence-corrected chi connectivity index (χ0v) is 15.3. The molecule has 0 fully saturated rings. The van der Waals surface area contributed by atoms with Gasteiger partial charge in [-0.05, 0) is 36.4 Å². The molecule has 7 nitrogen and oxygen atoms in total. The summed E-state index contributed by atoms with van der Waals surface area (Å²) in [6, 6.07) is 14.1. The second-order valence-corrected chi connectivity index (χ2v) is 6.33. The number of nitrogens with two attached hydrogens (primary N) is 1. The lowest BCUT2D eigenvalue weighted by Gasteiger charge is -2.09. The number of hydrogen-bond donors (Lipinski definition) is 2. The number of amides is 2. The van der Waals surface area contributed by atoms with E-state index in [1.54, 1.807) is 31.4 Å². The second kappa shape index (κ2) is 8.33. The molecule has 0 saturated carbocycles. The van der Waals surface area contributed by atoms with Crippen LogP contribution in [0.5, 0.6) is 11.5 Å². The molecule has 0 radical (unpaired) electrons. The van der Waals surface area contributed by atoms with Gasteiger partial charge in [-0.25, -0.2) is 4.98 Å². The van der Waals surface area contributed by atoms with Gasteiger partial charge in [0.05, 0.1) is 18.4 Å². The predicted molar refractivity (Wildman–Crippen MR) is 103 cm³/mol. The maximum absolute atomic E-state index is 12.6. The van der Waals surface area contributed by atoms with Crippen LogP contribution in [0.4, 0.5) is 5.13 Å². The zero-order valence-electron chi connectivity index (χ0n) is 14.5. The first-order valence-corrected chi connectivity index (χ1v) is 8.86. The first kappa shape index (κ1) is 18.4. The number of primary amides is 1. The number of carbonyl (C=O) groups is 2. The number of para-hydroxylation sites is 1. The number of carbonyl (C=O) groups excluding carboxylic acids is 2. The van der Waals surface area contributed by atoms with Gasteiger partial charge < -0.3 is 15.2 Å². The van der Waals surface area contributed by atoms with Gasteiger partial charge in [0.15, 0.2) is 11.7 Å². The van der Waals surface area contributed by atoms with Crippen molar-refractivity contribution in [3.63, 3.8) is 0 Å². The van der Waals surface area contributed by atoms with Gasteiger partial charge in [0.1, 0.15) is 11.5 Å². The fourth-order valence-corrected chi connectivity index (χ4v) is 3.03. The average Bonchev–Trinajstić information content (AvgIpc) is 3.15. The van der Waals surface area contributed by atoms with Crippen molar-refractivity contribution >= 4 is 28.3 Å². The molecule has 3 aromatic rings. The summed E-state index contributed by atoms with van der Waals surface area (Å²) in [5.41, 5.74) is 7.04. The Hall–Kier alpha value is -3.39. The summed E-state index contributed by atoms with van der Waals surface area (Å²) < 4.78 is 10.4. The number of nitrogens with one attached hydrogen (secondary N) is 1. The molecule has 3 N–H and O–H groups in total. The van der Waals surface area contributed by atoms with Gasteiger partial charge in [0.25, 0.3) is 11.8 Å². The number of anilines is 1. The third-order valence-electron chi connectivity index (χ3n) is 3.61. The van der Waals surface area contributed by atoms with Crippen LogP contribution in [-0.2, 0) is 4.79 Å². The molecule has 0 saturated heterocycles. The summed E-state index contributed by atoms with van der Waals surface area (Å²) in [7, 11) is 1.61. The smallest absolute Gasteiger partial charge is 0.261 e. The fourth-order valence-electron chi connectivity index (χ4n) is 2.32. The van der Waals surface area contributed by atoms with Crippen molar-refractivity contribution in [1.82, 2.24) is 4.98 Å². The molecule has 0 spiro atoms. The molecule has 0 atom stereocenters. The molecule has 1 aromatic heterocycles. The van der Waals surface area contributed by atoms with Crippen molar-refractivity contribution in [2.24, 2.45) is 5.73 Å². The van der Waals surface area contributed by atoms with E-state index in [2.05, 4.69) is 10.3 Å². The predicted octanol–water partition coefficient (Wildman–Crippen LogP) is 2.94. The van der Waals surface area contributed by atoms with E-state index in [-0.39, 0.29) is 18.3 Å². The highest BCUT2D eigenvalue weighted by Gasteiger charge is 2.15. The molecule has 138 valence electrons. The van der Waals surface area contributed by atoms with Crippen LogP contribution in [0.3, 0.4) is 0 Å². The molecule has 8 heteroatoms. The molecular formula is C19H17N3O4S. The van der Waals surface area contributed by atoms with Crippen molar-refractivity contribution in [1.29, 1.82) is 0 Å². The van der Waals surface area contributed by atoms with E-state index in [9.17, 15) is 9.59 Å². The molecule has 0 aliphatic carbocycles. The van der Waals surface area contributed by atoms with Crippen LogP contribution in [0.1, 0.15) is 10.4 Å². The summed E-state index contributed by atoms with van der Waals surface area (Å²) in [5.74, 6) is 0.0378. The molecule has 0 aliphatic rings. The molecule has 2 amide bonds. The van der Waals surface area contributed by atoms with Crippen molar-refractivity contribution in [3.05, 3.63) is 59.5 Å². The lowest BCUT2D eigenvalue weighted by atomic mass is 10.2. The molecular weight excluding hydrogens is 366 g/mol. The quantitative estimate of drug-likeness (QED) is 0.653. The number of nitrogens with zero attached hydrogens (tertiary/aromatic N) is 1. The van der Waals surface area contributed by atoms with Crippen molar-refractivity contribution < 1.29 is 19.1 Å². The standard InChI is InChI=1S/C19H17N3O4S/c1-25-13-8-6-12(7-9-13)15-11-27-19(21-15)22-18(24)14-4-2-3-5-16(14)26-10-17(20)23/h2-9,11H,10H2,1H3,(H2,20,23)(H,21,22,24). The highest BCUT2D eigenvalue weighted by molar-refractivity contribution is 7.14. The number of hydrogen-bond acceptors (Lipinski definition) is 6. The summed E-state index contributed by atoms with van der Waals surface area (Å²) >= 11 is 1.31. The molecule has 2 aromatic carbocycles. The molecule has 0 bridgehead atoms. The molecule has 1 heterocycles. The number of aromatic nitrogens is 1. The minimum atomic E-state index is -0.616. The van der Waals surface area contributed by atoms with E-state index >= 15 is 0 Å². The summed E-state index contributed by atoms with van der Waals surface area (Å²) in [5, 5.41) is 5.05. The van der Waals surface area contributed by atoms with Gasteiger partial charge in [0.2, 0.25) is 0 Å². The van der Waals surface area contributed by atoms with Crippen LogP contribution >= 0.6 is 11.3 Å². The maximum atomic E-state index is 12.6. The Kier molecular flexibility index (Phi) is 5.68. The van der Waals surface area contributed by atoms with Crippen LogP contribution in [0, 0.1) is 0 Å². The summed E-state index contributed by atoms with van der Waals surface area (Å²) in [6.07, 6.45) is 0. The third-order valence-corrected chi connectivity index (χ3v) is 4.37. The van der Waals surface area contributed by atoms with Crippen LogP contribution in [0.15, 0.2) is 53.9 Å². The van der Waals surface area contributed by atoms with Gasteiger partial charge in [-0.1, -0.05) is 12.1 Å². The van der Waals surface area contributed by atoms with Gasteiger partial charge in [-0.2, -0.15) is 0 Å². The highest BCUT2D eigenvalue weighted by atomic mass is 32.1. The fraction of sp³-hybridized carbons (Fsp3) is 0.105. The summed E-state index contributed by atoms with van der Waals surface area (Å²) in [6.45, 7) is -0.302. The SMILES string of the molecule is COc1ccc(-c2csc(NC(=O)c3ccccc3OCC(N)=O)n2)cc1. The summed E-state index contributed by atoms with van der Waals surface area (Å²) in [4.78, 5) is 27.9. The van der Waals surface area contributed by atoms with E-state index in [0.717, 1.165) is 17.0 Å². The number of thiazole rings is 1. The van der Waals surface area contributed by atoms with Crippen molar-refractivity contribution in [3.8, 4) is 22.8 Å². The van der Waals surface area contributed by atoms with Crippen molar-refractivity contribution in [2.75, 3.05) is 19.0 Å². The molecule has 3 rings (SSSR count). The Bertz CT molecular complexity index is 954. The van der Waals surface area contributed by atoms with E-state index in [1.807, 2.05) is 29.6 Å². The van der Waals surface area contributed by atoms with E-state index in [1.165, 1.54) is 11.3 Å². The van der Waals surface area contributed by atoms with Gasteiger partial charge in [-0.15, -0.1) is 11.3 Å². The van der Waals surface area contributed by atoms with E-state index in [4.69, 9.17) is 15.2 Å². The Labute approximate surface area is 159 Å². The maximum Gasteiger partial charge on any atom is 0.261 e. The monoisotopic (exact) mass is 383 g/mol. The molecule has 0 aliphatic heterocycles. The van der Waals surface area contributed by atoms with Crippen LogP contribution < -0.4 is 20.5 Å². The zero-order chi connectivity index (χ0) is 19.2. The number of methoxy groups -OCH3 is 1. The largest absolute Gasteiger partial charge is 0.497 e. The number of rotatable bonds is 7. The topological polar surface area (TPSA) is 104 Å². The third kappa shape index (κ3) is 4.62. The van der Waals surface area contributed by atoms with Gasteiger partial charge >= 0.3 is 0 Å². The Morgan fingerprint density at radius 1 is 1.15 bits per heavy atom. The minimum absolute atomic E-state index is 0.278. The van der Waals surface area contributed by atoms with E-state index in [0.29, 0.717) is 10.7 Å². The minimum Gasteiger partial charge on any atom is -0.497 e. The normalized spacial score (nSPS) is 10.3. The first-order chi connectivity index (χ1) is 13.1. The average molecular weight is 383 g/mol. The second-order valence-electron chi connectivity index (χ2n) is 5.47. The van der Waals surface area contributed by atoms with Crippen LogP contribution in [0.2, 0.25) is 0 Å². The Morgan fingerprint density at radius 3 is 2.59 bits per heavy atom. The van der Waals surface area contributed by atoms with E-state index < -0.39 is 5.91 Å². The van der Waals surface area contributed by atoms with Gasteiger partial charge in [0, 0.05) is 10.9 Å². The highest BCUT2D eigenvalue weighted by Crippen LogP contribution is 2.27. The van der Waals surface area contributed by atoms with Crippen LogP contribution in [-0.4, -0.2) is 30.5 Å². The lowest BCUT2D eigenvalue weighted by Crippen LogP contribution is -2.21. The molecule has 27 heavy (non-hydrogen) atoms. The first-order valence-electron chi connectivity index (χ1n) is 7.98. The Morgan fingerprint density at radius 2 is 1.89 bits per heavy atom. The lowest BCUT2D eigenvalue weighted by molar-refractivity contribution is -0.119. The van der Waals surface area contributed by atoms with Crippen molar-refractivity contribution in [2.45, 2.75) is 0 Å². The molecule has 0 unspecified atom stereocenters. The Balaban J connectivity index is 1.73. The van der Waals surface area contributed by atoms with Gasteiger partial charge in [-0.3, -0.25) is 14.9 Å². The number of benzene rings is 2. The van der Waals surface area contributed by atoms with Crippen LogP contribution in [0.25, 0.3) is 11.3 Å². The number of ether oxygens (including phenoxy) is 2.